The van der Waals surface area contributed by atoms with E-state index in [9.17, 15) is 4.79 Å². The quantitative estimate of drug-likeness (QED) is 0.940. The molecule has 2 atom stereocenters. The molecule has 1 aliphatic rings. The van der Waals surface area contributed by atoms with E-state index in [2.05, 4.69) is 17.0 Å². The van der Waals surface area contributed by atoms with E-state index in [4.69, 9.17) is 9.63 Å². The summed E-state index contributed by atoms with van der Waals surface area (Å²) in [6, 6.07) is 6.22. The molecule has 0 saturated carbocycles. The number of rotatable bonds is 4. The number of aromatic nitrogens is 1. The number of aliphatic carboxylic acids is 1. The first kappa shape index (κ1) is 14.3. The molecule has 0 aromatic carbocycles. The first-order valence-electron chi connectivity index (χ1n) is 7.10. The molecule has 2 aromatic rings. The van der Waals surface area contributed by atoms with E-state index in [0.717, 1.165) is 22.9 Å². The molecule has 3 rings (SSSR count). The van der Waals surface area contributed by atoms with Crippen molar-refractivity contribution < 1.29 is 14.4 Å². The fourth-order valence-electron chi connectivity index (χ4n) is 2.81. The van der Waals surface area contributed by atoms with Crippen molar-refractivity contribution in [2.45, 2.75) is 32.4 Å². The van der Waals surface area contributed by atoms with Crippen molar-refractivity contribution in [3.05, 3.63) is 29.3 Å². The van der Waals surface area contributed by atoms with E-state index >= 15 is 0 Å². The molecule has 0 amide bonds. The second-order valence-electron chi connectivity index (χ2n) is 5.54. The Kier molecular flexibility index (Phi) is 4.07. The Morgan fingerprint density at radius 1 is 1.62 bits per heavy atom. The van der Waals surface area contributed by atoms with Crippen molar-refractivity contribution in [3.63, 3.8) is 0 Å². The number of hydrogen-bond donors (Lipinski definition) is 1. The molecule has 2 unspecified atom stereocenters. The average molecular weight is 306 g/mol. The predicted octanol–water partition coefficient (Wildman–Crippen LogP) is 3.09. The van der Waals surface area contributed by atoms with E-state index in [1.807, 2.05) is 23.6 Å². The van der Waals surface area contributed by atoms with Crippen LogP contribution in [0.3, 0.4) is 0 Å². The number of carboxylic acid groups (broad SMARTS) is 1. The van der Waals surface area contributed by atoms with Crippen LogP contribution >= 0.6 is 11.3 Å². The van der Waals surface area contributed by atoms with Gasteiger partial charge in [0.25, 0.3) is 0 Å². The van der Waals surface area contributed by atoms with Gasteiger partial charge in [-0.2, -0.15) is 0 Å². The van der Waals surface area contributed by atoms with Crippen LogP contribution in [0.1, 0.15) is 25.5 Å². The molecule has 0 bridgehead atoms. The van der Waals surface area contributed by atoms with Crippen LogP contribution in [0.2, 0.25) is 0 Å². The van der Waals surface area contributed by atoms with Gasteiger partial charge in [-0.05, 0) is 37.8 Å². The second-order valence-corrected chi connectivity index (χ2v) is 6.49. The minimum atomic E-state index is -0.678. The van der Waals surface area contributed by atoms with E-state index in [-0.39, 0.29) is 12.0 Å². The highest BCUT2D eigenvalue weighted by Gasteiger charge is 2.30. The number of thiophene rings is 1. The molecule has 21 heavy (non-hydrogen) atoms. The zero-order valence-corrected chi connectivity index (χ0v) is 12.7. The third-order valence-electron chi connectivity index (χ3n) is 4.05. The molecule has 5 nitrogen and oxygen atoms in total. The molecule has 0 spiro atoms. The number of hydrogen-bond acceptors (Lipinski definition) is 5. The standard InChI is InChI=1S/C15H18N2O3S/c1-10-7-11(15(18)19)4-5-17(10)9-12-8-13(20-16-12)14-3-2-6-21-14/h2-3,6,8,10-11H,4-5,7,9H2,1H3,(H,18,19). The summed E-state index contributed by atoms with van der Waals surface area (Å²) in [4.78, 5) is 14.4. The second kappa shape index (κ2) is 5.99. The highest BCUT2D eigenvalue weighted by atomic mass is 32.1. The molecular weight excluding hydrogens is 288 g/mol. The van der Waals surface area contributed by atoms with E-state index in [1.54, 1.807) is 11.3 Å². The smallest absolute Gasteiger partial charge is 0.306 e. The normalized spacial score (nSPS) is 23.3. The van der Waals surface area contributed by atoms with Crippen LogP contribution in [-0.4, -0.2) is 33.7 Å². The van der Waals surface area contributed by atoms with Crippen molar-refractivity contribution in [2.24, 2.45) is 5.92 Å². The van der Waals surface area contributed by atoms with Crippen molar-refractivity contribution in [2.75, 3.05) is 6.54 Å². The summed E-state index contributed by atoms with van der Waals surface area (Å²) in [6.07, 6.45) is 1.40. The maximum atomic E-state index is 11.1. The van der Waals surface area contributed by atoms with Crippen LogP contribution in [0.25, 0.3) is 10.6 Å². The molecule has 1 fully saturated rings. The first-order chi connectivity index (χ1) is 10.1. The Balaban J connectivity index is 1.63. The topological polar surface area (TPSA) is 66.6 Å². The summed E-state index contributed by atoms with van der Waals surface area (Å²) in [6.45, 7) is 3.58. The van der Waals surface area contributed by atoms with Gasteiger partial charge in [-0.1, -0.05) is 11.2 Å². The van der Waals surface area contributed by atoms with E-state index in [1.165, 1.54) is 0 Å². The number of nitrogens with zero attached hydrogens (tertiary/aromatic N) is 2. The zero-order chi connectivity index (χ0) is 14.8. The van der Waals surface area contributed by atoms with Gasteiger partial charge < -0.3 is 9.63 Å². The van der Waals surface area contributed by atoms with Crippen molar-refractivity contribution >= 4 is 17.3 Å². The summed E-state index contributed by atoms with van der Waals surface area (Å²) >= 11 is 1.63. The molecule has 2 aromatic heterocycles. The summed E-state index contributed by atoms with van der Waals surface area (Å²) in [7, 11) is 0. The summed E-state index contributed by atoms with van der Waals surface area (Å²) < 4.78 is 5.38. The van der Waals surface area contributed by atoms with Crippen molar-refractivity contribution in [3.8, 4) is 10.6 Å². The van der Waals surface area contributed by atoms with E-state index < -0.39 is 5.97 Å². The van der Waals surface area contributed by atoms with Gasteiger partial charge in [0, 0.05) is 18.7 Å². The Labute approximate surface area is 127 Å². The minimum Gasteiger partial charge on any atom is -0.481 e. The van der Waals surface area contributed by atoms with Gasteiger partial charge in [-0.3, -0.25) is 9.69 Å². The Hall–Kier alpha value is -1.66. The fraction of sp³-hybridized carbons (Fsp3) is 0.467. The Morgan fingerprint density at radius 3 is 3.14 bits per heavy atom. The first-order valence-corrected chi connectivity index (χ1v) is 7.98. The zero-order valence-electron chi connectivity index (χ0n) is 11.9. The van der Waals surface area contributed by atoms with Gasteiger partial charge in [0.05, 0.1) is 16.5 Å². The molecule has 112 valence electrons. The molecule has 0 radical (unpaired) electrons. The van der Waals surface area contributed by atoms with Crippen LogP contribution in [-0.2, 0) is 11.3 Å². The lowest BCUT2D eigenvalue weighted by molar-refractivity contribution is -0.144. The van der Waals surface area contributed by atoms with Gasteiger partial charge >= 0.3 is 5.97 Å². The van der Waals surface area contributed by atoms with Crippen LogP contribution in [0.4, 0.5) is 0 Å². The van der Waals surface area contributed by atoms with Crippen LogP contribution in [0.5, 0.6) is 0 Å². The molecule has 6 heteroatoms. The molecule has 0 aliphatic carbocycles. The van der Waals surface area contributed by atoms with Crippen LogP contribution in [0.15, 0.2) is 28.1 Å². The number of carbonyl (C=O) groups is 1. The summed E-state index contributed by atoms with van der Waals surface area (Å²) in [5.41, 5.74) is 0.902. The van der Waals surface area contributed by atoms with Gasteiger partial charge in [0.15, 0.2) is 5.76 Å². The predicted molar refractivity (Wildman–Crippen MR) is 80.0 cm³/mol. The highest BCUT2D eigenvalue weighted by molar-refractivity contribution is 7.13. The average Bonchev–Trinajstić information content (AvgIpc) is 3.11. The minimum absolute atomic E-state index is 0.213. The van der Waals surface area contributed by atoms with Gasteiger partial charge in [-0.15, -0.1) is 11.3 Å². The third kappa shape index (κ3) is 3.16. The monoisotopic (exact) mass is 306 g/mol. The lowest BCUT2D eigenvalue weighted by Crippen LogP contribution is -2.42. The van der Waals surface area contributed by atoms with Gasteiger partial charge in [0.1, 0.15) is 0 Å². The molecule has 1 saturated heterocycles. The molecular formula is C15H18N2O3S. The summed E-state index contributed by atoms with van der Waals surface area (Å²) in [5, 5.41) is 15.2. The maximum absolute atomic E-state index is 11.1. The van der Waals surface area contributed by atoms with Crippen molar-refractivity contribution in [1.29, 1.82) is 0 Å². The van der Waals surface area contributed by atoms with Crippen LogP contribution < -0.4 is 0 Å². The maximum Gasteiger partial charge on any atom is 0.306 e. The summed E-state index contributed by atoms with van der Waals surface area (Å²) in [5.74, 6) is -0.0915. The molecule has 1 N–H and O–H groups in total. The lowest BCUT2D eigenvalue weighted by atomic mass is 9.91. The largest absolute Gasteiger partial charge is 0.481 e. The third-order valence-corrected chi connectivity index (χ3v) is 4.94. The van der Waals surface area contributed by atoms with Crippen molar-refractivity contribution in [1.82, 2.24) is 10.1 Å². The lowest BCUT2D eigenvalue weighted by Gasteiger charge is -2.35. The number of piperidine rings is 1. The number of likely N-dealkylation sites (tertiary alicyclic amines) is 1. The Bertz CT molecular complexity index is 608. The molecule has 3 heterocycles. The fourth-order valence-corrected chi connectivity index (χ4v) is 3.48. The van der Waals surface area contributed by atoms with Gasteiger partial charge in [0.2, 0.25) is 0 Å². The SMILES string of the molecule is CC1CC(C(=O)O)CCN1Cc1cc(-c2cccs2)on1. The molecule has 1 aliphatic heterocycles. The van der Waals surface area contributed by atoms with Crippen LogP contribution in [0, 0.1) is 5.92 Å². The van der Waals surface area contributed by atoms with E-state index in [0.29, 0.717) is 19.4 Å². The van der Waals surface area contributed by atoms with Gasteiger partial charge in [-0.25, -0.2) is 0 Å². The highest BCUT2D eigenvalue weighted by Crippen LogP contribution is 2.27. The Morgan fingerprint density at radius 2 is 2.48 bits per heavy atom. The number of carboxylic acids is 1.